The molecule has 0 aliphatic heterocycles. The van der Waals surface area contributed by atoms with Gasteiger partial charge in [-0.15, -0.1) is 0 Å². The summed E-state index contributed by atoms with van der Waals surface area (Å²) in [7, 11) is 0. The normalized spacial score (nSPS) is 10.1. The first-order valence-electron chi connectivity index (χ1n) is 6.34. The fraction of sp³-hybridized carbons (Fsp3) is 0.500. The van der Waals surface area contributed by atoms with Crippen molar-refractivity contribution in [3.63, 3.8) is 0 Å². The van der Waals surface area contributed by atoms with Crippen molar-refractivity contribution in [3.05, 3.63) is 0 Å². The molecule has 0 aliphatic carbocycles. The minimum absolute atomic E-state index is 0. The maximum absolute atomic E-state index is 10.3. The van der Waals surface area contributed by atoms with Gasteiger partial charge in [-0.3, -0.25) is 19.2 Å². The van der Waals surface area contributed by atoms with Gasteiger partial charge in [0.2, 0.25) is 0 Å². The summed E-state index contributed by atoms with van der Waals surface area (Å²) in [5, 5.41) is 67.6. The Labute approximate surface area is 200 Å². The Bertz CT molecular complexity index is 517. The van der Waals surface area contributed by atoms with Crippen LogP contribution in [0, 0.1) is 0 Å². The standard InChI is InChI=1S/2C6H8O7.2Na.2H/c2*7-3(8)1-6(13,5(11)12)2-4(9)10;;;;/h2*13H,1-2H2,(H,7,8)(H,9,10)(H,11,12);;;;. The van der Waals surface area contributed by atoms with E-state index in [9.17, 15) is 28.8 Å². The Hall–Kier alpha value is -1.26. The molecular formula is C12H18Na2O14. The number of hydrogen-bond donors (Lipinski definition) is 8. The van der Waals surface area contributed by atoms with E-state index in [4.69, 9.17) is 40.9 Å². The predicted octanol–water partition coefficient (Wildman–Crippen LogP) is -3.79. The number of aliphatic carboxylic acids is 6. The van der Waals surface area contributed by atoms with Crippen LogP contribution in [0.5, 0.6) is 0 Å². The number of carboxylic acids is 6. The Morgan fingerprint density at radius 3 is 0.679 bits per heavy atom. The third kappa shape index (κ3) is 14.8. The number of hydrogen-bond acceptors (Lipinski definition) is 8. The van der Waals surface area contributed by atoms with Gasteiger partial charge in [-0.1, -0.05) is 0 Å². The van der Waals surface area contributed by atoms with Gasteiger partial charge in [0.1, 0.15) is 0 Å². The Morgan fingerprint density at radius 1 is 0.464 bits per heavy atom. The molecule has 28 heavy (non-hydrogen) atoms. The van der Waals surface area contributed by atoms with E-state index in [1.807, 2.05) is 0 Å². The summed E-state index contributed by atoms with van der Waals surface area (Å²) in [6, 6.07) is 0. The van der Waals surface area contributed by atoms with E-state index in [2.05, 4.69) is 0 Å². The zero-order chi connectivity index (χ0) is 21.3. The van der Waals surface area contributed by atoms with Crippen LogP contribution in [0.4, 0.5) is 0 Å². The molecule has 152 valence electrons. The van der Waals surface area contributed by atoms with Crippen LogP contribution in [0.15, 0.2) is 0 Å². The molecule has 16 heteroatoms. The number of rotatable bonds is 10. The molecule has 0 aromatic heterocycles. The van der Waals surface area contributed by atoms with Gasteiger partial charge < -0.3 is 40.9 Å². The Morgan fingerprint density at radius 2 is 0.607 bits per heavy atom. The van der Waals surface area contributed by atoms with Gasteiger partial charge >= 0.3 is 94.9 Å². The van der Waals surface area contributed by atoms with Crippen LogP contribution in [0.1, 0.15) is 25.7 Å². The molecule has 14 nitrogen and oxygen atoms in total. The van der Waals surface area contributed by atoms with E-state index in [1.54, 1.807) is 0 Å². The summed E-state index contributed by atoms with van der Waals surface area (Å²) in [5.74, 6) is -10.0. The van der Waals surface area contributed by atoms with Gasteiger partial charge in [0.05, 0.1) is 25.7 Å². The zero-order valence-corrected chi connectivity index (χ0v) is 12.9. The molecule has 0 aromatic rings. The summed E-state index contributed by atoms with van der Waals surface area (Å²) in [6.07, 6.45) is -4.58. The second-order valence-corrected chi connectivity index (χ2v) is 4.96. The van der Waals surface area contributed by atoms with Gasteiger partial charge in [-0.25, -0.2) is 9.59 Å². The SMILES string of the molecule is O=C(O)CC(O)(CC(=O)O)C(=O)O.O=C(O)CC(O)(CC(=O)O)C(=O)O.[NaH].[NaH]. The molecule has 0 aliphatic rings. The van der Waals surface area contributed by atoms with E-state index in [-0.39, 0.29) is 59.1 Å². The Balaban J connectivity index is -0.000000192. The van der Waals surface area contributed by atoms with E-state index in [0.717, 1.165) is 0 Å². The van der Waals surface area contributed by atoms with Crippen LogP contribution in [0.25, 0.3) is 0 Å². The van der Waals surface area contributed by atoms with Gasteiger partial charge in [-0.2, -0.15) is 0 Å². The van der Waals surface area contributed by atoms with Crippen LogP contribution in [-0.4, -0.2) is 147 Å². The van der Waals surface area contributed by atoms with Crippen molar-refractivity contribution in [3.8, 4) is 0 Å². The second kappa shape index (κ2) is 14.7. The molecule has 0 spiro atoms. The molecule has 0 unspecified atom stereocenters. The predicted molar refractivity (Wildman–Crippen MR) is 88.5 cm³/mol. The van der Waals surface area contributed by atoms with E-state index < -0.39 is 72.7 Å². The van der Waals surface area contributed by atoms with Crippen molar-refractivity contribution in [2.24, 2.45) is 0 Å². The summed E-state index contributed by atoms with van der Waals surface area (Å²) in [6.45, 7) is 0. The van der Waals surface area contributed by atoms with Crippen LogP contribution < -0.4 is 0 Å². The summed E-state index contributed by atoms with van der Waals surface area (Å²) >= 11 is 0. The quantitative estimate of drug-likeness (QED) is 0.154. The molecule has 0 radical (unpaired) electrons. The van der Waals surface area contributed by atoms with E-state index in [0.29, 0.717) is 0 Å². The molecule has 0 bridgehead atoms. The summed E-state index contributed by atoms with van der Waals surface area (Å²) in [4.78, 5) is 61.0. The van der Waals surface area contributed by atoms with E-state index in [1.165, 1.54) is 0 Å². The molecule has 0 amide bonds. The first-order valence-corrected chi connectivity index (χ1v) is 6.34. The summed E-state index contributed by atoms with van der Waals surface area (Å²) < 4.78 is 0. The van der Waals surface area contributed by atoms with Crippen molar-refractivity contribution in [2.45, 2.75) is 36.9 Å². The fourth-order valence-electron chi connectivity index (χ4n) is 1.43. The molecule has 0 aromatic carbocycles. The average Bonchev–Trinajstić information content (AvgIpc) is 2.34. The van der Waals surface area contributed by atoms with Crippen molar-refractivity contribution in [1.82, 2.24) is 0 Å². The topological polar surface area (TPSA) is 264 Å². The third-order valence-electron chi connectivity index (χ3n) is 2.57. The van der Waals surface area contributed by atoms with Crippen LogP contribution >= 0.6 is 0 Å². The maximum atomic E-state index is 10.3. The zero-order valence-electron chi connectivity index (χ0n) is 12.9. The van der Waals surface area contributed by atoms with Crippen molar-refractivity contribution in [1.29, 1.82) is 0 Å². The third-order valence-corrected chi connectivity index (χ3v) is 2.57. The van der Waals surface area contributed by atoms with Crippen LogP contribution in [0.3, 0.4) is 0 Å². The van der Waals surface area contributed by atoms with Gasteiger partial charge in [-0.05, 0) is 0 Å². The first-order chi connectivity index (χ1) is 11.6. The minimum atomic E-state index is -2.74. The monoisotopic (exact) mass is 432 g/mol. The van der Waals surface area contributed by atoms with Gasteiger partial charge in [0.25, 0.3) is 0 Å². The van der Waals surface area contributed by atoms with Gasteiger partial charge in [0.15, 0.2) is 11.2 Å². The molecule has 0 heterocycles. The molecule has 8 N–H and O–H groups in total. The molecule has 0 atom stereocenters. The number of carbonyl (C=O) groups is 6. The van der Waals surface area contributed by atoms with Crippen molar-refractivity contribution in [2.75, 3.05) is 0 Å². The van der Waals surface area contributed by atoms with Crippen molar-refractivity contribution >= 4 is 94.9 Å². The molecule has 0 fully saturated rings. The number of carboxylic acid groups (broad SMARTS) is 6. The molecule has 0 saturated carbocycles. The average molecular weight is 432 g/mol. The van der Waals surface area contributed by atoms with Gasteiger partial charge in [0, 0.05) is 0 Å². The van der Waals surface area contributed by atoms with E-state index >= 15 is 0 Å². The Kier molecular flexibility index (Phi) is 18.0. The first kappa shape index (κ1) is 34.3. The van der Waals surface area contributed by atoms with Crippen LogP contribution in [0.2, 0.25) is 0 Å². The second-order valence-electron chi connectivity index (χ2n) is 4.96. The fourth-order valence-corrected chi connectivity index (χ4v) is 1.43. The number of aliphatic hydroxyl groups is 2. The molecule has 0 rings (SSSR count). The molecule has 0 saturated heterocycles. The molecular weight excluding hydrogens is 414 g/mol. The van der Waals surface area contributed by atoms with Crippen molar-refractivity contribution < 1.29 is 69.6 Å². The summed E-state index contributed by atoms with van der Waals surface area (Å²) in [5.41, 5.74) is -5.48. The van der Waals surface area contributed by atoms with Crippen LogP contribution in [-0.2, 0) is 28.8 Å².